The number of hydrogen-bond donors (Lipinski definition) is 1. The molecule has 1 fully saturated rings. The van der Waals surface area contributed by atoms with E-state index in [1.165, 1.54) is 12.3 Å². The summed E-state index contributed by atoms with van der Waals surface area (Å²) in [5.41, 5.74) is 5.09. The molecule has 4 rings (SSSR count). The van der Waals surface area contributed by atoms with Crippen molar-refractivity contribution in [1.82, 2.24) is 5.43 Å². The maximum atomic E-state index is 14.5. The standard InChI is InChI=1S/C21H19ClFN3O2/c1-13-8-18(26-6-2-3-7-26)17(23)10-15(13)12-24-25-21(27)20-11-14-9-16(22)4-5-19(14)28-20/h4-5,8-12H,2-3,6-7H2,1H3,(H,25,27)/b24-12-. The third kappa shape index (κ3) is 3.73. The van der Waals surface area contributed by atoms with E-state index in [0.717, 1.165) is 36.9 Å². The molecule has 0 atom stereocenters. The molecule has 2 aromatic carbocycles. The largest absolute Gasteiger partial charge is 0.451 e. The van der Waals surface area contributed by atoms with Crippen molar-refractivity contribution >= 4 is 40.4 Å². The monoisotopic (exact) mass is 399 g/mol. The Balaban J connectivity index is 1.47. The highest BCUT2D eigenvalue weighted by Gasteiger charge is 2.17. The minimum atomic E-state index is -0.490. The molecule has 28 heavy (non-hydrogen) atoms. The highest BCUT2D eigenvalue weighted by molar-refractivity contribution is 6.31. The maximum absolute atomic E-state index is 14.5. The van der Waals surface area contributed by atoms with Gasteiger partial charge in [-0.2, -0.15) is 5.10 Å². The summed E-state index contributed by atoms with van der Waals surface area (Å²) < 4.78 is 20.0. The molecular formula is C21H19ClFN3O2. The quantitative estimate of drug-likeness (QED) is 0.501. The molecule has 1 amide bonds. The second kappa shape index (κ2) is 7.64. The number of halogens is 2. The molecular weight excluding hydrogens is 381 g/mol. The first-order chi connectivity index (χ1) is 13.5. The average molecular weight is 400 g/mol. The van der Waals surface area contributed by atoms with Crippen LogP contribution in [0.2, 0.25) is 5.02 Å². The van der Waals surface area contributed by atoms with Gasteiger partial charge in [-0.05, 0) is 61.7 Å². The van der Waals surface area contributed by atoms with E-state index >= 15 is 0 Å². The Hall–Kier alpha value is -2.86. The topological polar surface area (TPSA) is 57.8 Å². The molecule has 2 heterocycles. The Morgan fingerprint density at radius 3 is 2.82 bits per heavy atom. The van der Waals surface area contributed by atoms with Crippen LogP contribution in [0.15, 0.2) is 45.9 Å². The summed E-state index contributed by atoms with van der Waals surface area (Å²) in [6.07, 6.45) is 3.60. The van der Waals surface area contributed by atoms with Gasteiger partial charge < -0.3 is 9.32 Å². The summed E-state index contributed by atoms with van der Waals surface area (Å²) in [5, 5.41) is 5.24. The van der Waals surface area contributed by atoms with Gasteiger partial charge in [0.2, 0.25) is 0 Å². The number of furan rings is 1. The zero-order chi connectivity index (χ0) is 19.7. The van der Waals surface area contributed by atoms with Gasteiger partial charge in [-0.3, -0.25) is 4.79 Å². The van der Waals surface area contributed by atoms with E-state index in [-0.39, 0.29) is 11.6 Å². The second-order valence-electron chi connectivity index (χ2n) is 6.85. The number of carbonyl (C=O) groups excluding carboxylic acids is 1. The number of nitrogens with one attached hydrogen (secondary N) is 1. The van der Waals surface area contributed by atoms with Crippen molar-refractivity contribution in [3.63, 3.8) is 0 Å². The second-order valence-corrected chi connectivity index (χ2v) is 7.28. The van der Waals surface area contributed by atoms with Crippen molar-refractivity contribution in [3.8, 4) is 0 Å². The molecule has 0 radical (unpaired) electrons. The van der Waals surface area contributed by atoms with E-state index in [1.54, 1.807) is 24.3 Å². The first kappa shape index (κ1) is 18.5. The van der Waals surface area contributed by atoms with E-state index in [4.69, 9.17) is 16.0 Å². The summed E-state index contributed by atoms with van der Waals surface area (Å²) in [7, 11) is 0. The molecule has 0 bridgehead atoms. The van der Waals surface area contributed by atoms with Crippen LogP contribution in [0.5, 0.6) is 0 Å². The summed E-state index contributed by atoms with van der Waals surface area (Å²) in [5.74, 6) is -0.647. The number of nitrogens with zero attached hydrogens (tertiary/aromatic N) is 2. The molecule has 5 nitrogen and oxygen atoms in total. The van der Waals surface area contributed by atoms with Crippen LogP contribution >= 0.6 is 11.6 Å². The number of anilines is 1. The number of fused-ring (bicyclic) bond motifs is 1. The fraction of sp³-hybridized carbons (Fsp3) is 0.238. The molecule has 1 aliphatic rings. The zero-order valence-corrected chi connectivity index (χ0v) is 16.1. The predicted molar refractivity (Wildman–Crippen MR) is 109 cm³/mol. The van der Waals surface area contributed by atoms with E-state index in [2.05, 4.69) is 15.4 Å². The first-order valence-electron chi connectivity index (χ1n) is 9.09. The lowest BCUT2D eigenvalue weighted by molar-refractivity contribution is 0.0929. The summed E-state index contributed by atoms with van der Waals surface area (Å²) >= 11 is 5.94. The lowest BCUT2D eigenvalue weighted by atomic mass is 10.1. The van der Waals surface area contributed by atoms with E-state index < -0.39 is 5.91 Å². The molecule has 1 N–H and O–H groups in total. The molecule has 3 aromatic rings. The third-order valence-electron chi connectivity index (χ3n) is 4.85. The van der Waals surface area contributed by atoms with Gasteiger partial charge in [0, 0.05) is 29.1 Å². The number of hydrazone groups is 1. The van der Waals surface area contributed by atoms with Crippen molar-refractivity contribution in [1.29, 1.82) is 0 Å². The first-order valence-corrected chi connectivity index (χ1v) is 9.46. The minimum absolute atomic E-state index is 0.127. The van der Waals surface area contributed by atoms with E-state index in [9.17, 15) is 9.18 Å². The van der Waals surface area contributed by atoms with Crippen LogP contribution in [0.1, 0.15) is 34.5 Å². The van der Waals surface area contributed by atoms with Gasteiger partial charge in [0.25, 0.3) is 0 Å². The van der Waals surface area contributed by atoms with Crippen LogP contribution in [-0.2, 0) is 0 Å². The minimum Gasteiger partial charge on any atom is -0.451 e. The Bertz CT molecular complexity index is 1070. The van der Waals surface area contributed by atoms with Crippen LogP contribution < -0.4 is 10.3 Å². The van der Waals surface area contributed by atoms with E-state index in [0.29, 0.717) is 21.9 Å². The molecule has 0 aliphatic carbocycles. The van der Waals surface area contributed by atoms with Gasteiger partial charge in [-0.15, -0.1) is 0 Å². The number of carbonyl (C=O) groups is 1. The van der Waals surface area contributed by atoms with Crippen molar-refractivity contribution in [2.24, 2.45) is 5.10 Å². The summed E-state index contributed by atoms with van der Waals surface area (Å²) in [6.45, 7) is 3.65. The molecule has 1 aromatic heterocycles. The zero-order valence-electron chi connectivity index (χ0n) is 15.3. The van der Waals surface area contributed by atoms with Crippen LogP contribution in [0.4, 0.5) is 10.1 Å². The van der Waals surface area contributed by atoms with Gasteiger partial charge in [0.05, 0.1) is 11.9 Å². The number of amides is 1. The predicted octanol–water partition coefficient (Wildman–Crippen LogP) is 4.90. The number of hydrogen-bond acceptors (Lipinski definition) is 4. The van der Waals surface area contributed by atoms with Crippen LogP contribution in [0.3, 0.4) is 0 Å². The molecule has 1 saturated heterocycles. The molecule has 144 valence electrons. The Morgan fingerprint density at radius 1 is 1.25 bits per heavy atom. The molecule has 1 aliphatic heterocycles. The Kier molecular flexibility index (Phi) is 5.05. The lowest BCUT2D eigenvalue weighted by Crippen LogP contribution is -2.19. The van der Waals surface area contributed by atoms with Crippen LogP contribution in [0.25, 0.3) is 11.0 Å². The molecule has 0 saturated carbocycles. The SMILES string of the molecule is Cc1cc(N2CCCC2)c(F)cc1/C=N\NC(=O)c1cc2cc(Cl)ccc2o1. The normalized spacial score (nSPS) is 14.3. The highest BCUT2D eigenvalue weighted by atomic mass is 35.5. The fourth-order valence-corrected chi connectivity index (χ4v) is 3.54. The average Bonchev–Trinajstić information content (AvgIpc) is 3.33. The van der Waals surface area contributed by atoms with Crippen molar-refractivity contribution in [2.75, 3.05) is 18.0 Å². The Morgan fingerprint density at radius 2 is 2.04 bits per heavy atom. The molecule has 7 heteroatoms. The van der Waals surface area contributed by atoms with Crippen molar-refractivity contribution in [2.45, 2.75) is 19.8 Å². The van der Waals surface area contributed by atoms with Crippen LogP contribution in [-0.4, -0.2) is 25.2 Å². The van der Waals surface area contributed by atoms with Crippen molar-refractivity contribution in [3.05, 3.63) is 64.1 Å². The number of benzene rings is 2. The maximum Gasteiger partial charge on any atom is 0.307 e. The summed E-state index contributed by atoms with van der Waals surface area (Å²) in [4.78, 5) is 14.3. The number of aryl methyl sites for hydroxylation is 1. The van der Waals surface area contributed by atoms with Gasteiger partial charge >= 0.3 is 5.91 Å². The van der Waals surface area contributed by atoms with Gasteiger partial charge in [0.15, 0.2) is 5.76 Å². The highest BCUT2D eigenvalue weighted by Crippen LogP contribution is 2.26. The Labute approximate surface area is 166 Å². The smallest absolute Gasteiger partial charge is 0.307 e. The van der Waals surface area contributed by atoms with Crippen molar-refractivity contribution < 1.29 is 13.6 Å². The third-order valence-corrected chi connectivity index (χ3v) is 5.09. The number of rotatable bonds is 4. The van der Waals surface area contributed by atoms with Gasteiger partial charge in [0.1, 0.15) is 11.4 Å². The van der Waals surface area contributed by atoms with Gasteiger partial charge in [-0.1, -0.05) is 11.6 Å². The van der Waals surface area contributed by atoms with E-state index in [1.807, 2.05) is 13.0 Å². The molecule has 0 unspecified atom stereocenters. The fourth-order valence-electron chi connectivity index (χ4n) is 3.36. The van der Waals surface area contributed by atoms with Crippen LogP contribution in [0, 0.1) is 12.7 Å². The van der Waals surface area contributed by atoms with Gasteiger partial charge in [-0.25, -0.2) is 9.82 Å². The molecule has 0 spiro atoms. The summed E-state index contributed by atoms with van der Waals surface area (Å²) in [6, 6.07) is 9.98. The lowest BCUT2D eigenvalue weighted by Gasteiger charge is -2.19.